The lowest BCUT2D eigenvalue weighted by atomic mass is 10.1. The number of sulfonamides is 1. The van der Waals surface area contributed by atoms with Gasteiger partial charge in [0.1, 0.15) is 23.1 Å². The summed E-state index contributed by atoms with van der Waals surface area (Å²) in [6.45, 7) is 6.96. The molecule has 1 N–H and O–H groups in total. The van der Waals surface area contributed by atoms with Gasteiger partial charge < -0.3 is 24.4 Å². The molecule has 0 aliphatic carbocycles. The molecule has 0 amide bonds. The number of halogens is 1. The highest BCUT2D eigenvalue weighted by Gasteiger charge is 2.28. The molecular weight excluding hydrogens is 730 g/mol. The van der Waals surface area contributed by atoms with E-state index in [9.17, 15) is 8.42 Å². The van der Waals surface area contributed by atoms with E-state index in [4.69, 9.17) is 45.7 Å². The Morgan fingerprint density at radius 1 is 0.833 bits per heavy atom. The van der Waals surface area contributed by atoms with Gasteiger partial charge in [0.15, 0.2) is 16.7 Å². The predicted octanol–water partition coefficient (Wildman–Crippen LogP) is 5.90. The van der Waals surface area contributed by atoms with Crippen LogP contribution in [0.5, 0.6) is 17.2 Å². The van der Waals surface area contributed by atoms with E-state index in [1.807, 2.05) is 67.7 Å². The maximum atomic E-state index is 12.2. The summed E-state index contributed by atoms with van der Waals surface area (Å²) in [6.07, 6.45) is 4.66. The lowest BCUT2D eigenvalue weighted by Gasteiger charge is -2.37. The van der Waals surface area contributed by atoms with Crippen LogP contribution in [0.15, 0.2) is 73.1 Å². The summed E-state index contributed by atoms with van der Waals surface area (Å²) >= 11 is 6.24. The van der Waals surface area contributed by atoms with Crippen LogP contribution in [0.1, 0.15) is 35.5 Å². The summed E-state index contributed by atoms with van der Waals surface area (Å²) < 4.78 is 42.1. The van der Waals surface area contributed by atoms with Gasteiger partial charge >= 0.3 is 0 Å². The third kappa shape index (κ3) is 9.34. The number of hydrogen-bond acceptors (Lipinski definition) is 13. The van der Waals surface area contributed by atoms with Crippen LogP contribution in [0.3, 0.4) is 0 Å². The molecule has 0 spiro atoms. The number of nitrogens with one attached hydrogen (secondary N) is 1. The number of piperazine rings is 1. The van der Waals surface area contributed by atoms with E-state index < -0.39 is 10.0 Å². The minimum Gasteiger partial charge on any atom is -0.497 e. The number of methoxy groups -OCH3 is 3. The summed E-state index contributed by atoms with van der Waals surface area (Å²) in [6, 6.07) is 19.5. The normalized spacial score (nSPS) is 14.4. The first-order valence-corrected chi connectivity index (χ1v) is 19.6. The first kappa shape index (κ1) is 38.6. The maximum Gasteiger partial charge on any atom is 0.229 e. The zero-order valence-corrected chi connectivity index (χ0v) is 32.7. The molecule has 1 fully saturated rings. The molecule has 284 valence electrons. The maximum absolute atomic E-state index is 12.2. The van der Waals surface area contributed by atoms with Crippen LogP contribution < -0.4 is 24.4 Å². The first-order chi connectivity index (χ1) is 25.9. The second-order valence-electron chi connectivity index (χ2n) is 12.9. The molecule has 1 saturated heterocycles. The van der Waals surface area contributed by atoms with Gasteiger partial charge in [-0.2, -0.15) is 14.3 Å². The number of hydrogen-bond donors (Lipinski definition) is 1. The SMILES string of the molecule is COc1ccc(CN(Cc2ccc(OC)cc2)c2nc(C)nc(-c3cc([C@@H](C)N4CCN(S(C)(=O)=O)CC4)cnc3Nc3cnc(Cl)c(OC)c3)n2)cc1. The molecule has 6 rings (SSSR count). The van der Waals surface area contributed by atoms with Crippen molar-refractivity contribution in [2.24, 2.45) is 0 Å². The number of aromatic nitrogens is 5. The van der Waals surface area contributed by atoms with Crippen molar-refractivity contribution in [2.45, 2.75) is 33.0 Å². The average Bonchev–Trinajstić information content (AvgIpc) is 3.18. The number of ether oxygens (including phenoxy) is 3. The van der Waals surface area contributed by atoms with Gasteiger partial charge in [0.2, 0.25) is 16.0 Å². The molecule has 1 aliphatic heterocycles. The third-order valence-corrected chi connectivity index (χ3v) is 10.9. The van der Waals surface area contributed by atoms with Crippen LogP contribution in [0.4, 0.5) is 17.5 Å². The number of anilines is 3. The monoisotopic (exact) mass is 773 g/mol. The number of nitrogens with zero attached hydrogens (tertiary/aromatic N) is 8. The zero-order valence-electron chi connectivity index (χ0n) is 31.2. The summed E-state index contributed by atoms with van der Waals surface area (Å²) in [7, 11) is 1.56. The van der Waals surface area contributed by atoms with Crippen LogP contribution in [-0.2, 0) is 23.1 Å². The third-order valence-electron chi connectivity index (χ3n) is 9.29. The van der Waals surface area contributed by atoms with Crippen molar-refractivity contribution in [3.05, 3.63) is 101 Å². The molecule has 0 unspecified atom stereocenters. The fraction of sp³-hybridized carbons (Fsp3) is 0.342. The highest BCUT2D eigenvalue weighted by molar-refractivity contribution is 7.88. The predicted molar refractivity (Wildman–Crippen MR) is 209 cm³/mol. The fourth-order valence-electron chi connectivity index (χ4n) is 6.22. The molecule has 5 aromatic rings. The van der Waals surface area contributed by atoms with E-state index in [2.05, 4.69) is 27.0 Å². The highest BCUT2D eigenvalue weighted by Crippen LogP contribution is 2.34. The van der Waals surface area contributed by atoms with E-state index in [-0.39, 0.29) is 11.2 Å². The number of pyridine rings is 2. The van der Waals surface area contributed by atoms with Gasteiger partial charge in [-0.15, -0.1) is 0 Å². The molecule has 14 nitrogen and oxygen atoms in total. The van der Waals surface area contributed by atoms with Crippen molar-refractivity contribution >= 4 is 39.1 Å². The number of benzene rings is 2. The van der Waals surface area contributed by atoms with Crippen molar-refractivity contribution in [3.8, 4) is 28.6 Å². The molecule has 4 heterocycles. The first-order valence-electron chi connectivity index (χ1n) is 17.3. The van der Waals surface area contributed by atoms with Crippen molar-refractivity contribution < 1.29 is 22.6 Å². The second kappa shape index (κ2) is 16.9. The van der Waals surface area contributed by atoms with Crippen LogP contribution in [-0.4, -0.2) is 96.3 Å². The summed E-state index contributed by atoms with van der Waals surface area (Å²) in [5, 5.41) is 3.61. The smallest absolute Gasteiger partial charge is 0.229 e. The molecule has 2 aromatic carbocycles. The van der Waals surface area contributed by atoms with Crippen molar-refractivity contribution in [3.63, 3.8) is 0 Å². The van der Waals surface area contributed by atoms with E-state index >= 15 is 0 Å². The Morgan fingerprint density at radius 2 is 1.44 bits per heavy atom. The Labute approximate surface area is 321 Å². The van der Waals surface area contributed by atoms with E-state index in [1.54, 1.807) is 26.5 Å². The fourth-order valence-corrected chi connectivity index (χ4v) is 7.23. The van der Waals surface area contributed by atoms with Gasteiger partial charge in [-0.1, -0.05) is 35.9 Å². The number of rotatable bonds is 14. The Balaban J connectivity index is 1.40. The molecule has 1 atom stereocenters. The molecule has 0 saturated carbocycles. The Morgan fingerprint density at radius 3 is 2.00 bits per heavy atom. The Kier molecular flexibility index (Phi) is 12.1. The van der Waals surface area contributed by atoms with Crippen molar-refractivity contribution in [2.75, 3.05) is 64.0 Å². The molecule has 3 aromatic heterocycles. The summed E-state index contributed by atoms with van der Waals surface area (Å²) in [5.41, 5.74) is 4.26. The van der Waals surface area contributed by atoms with E-state index in [1.165, 1.54) is 17.7 Å². The van der Waals surface area contributed by atoms with E-state index in [0.29, 0.717) is 79.7 Å². The lowest BCUT2D eigenvalue weighted by Crippen LogP contribution is -2.48. The Hall–Kier alpha value is -5.09. The highest BCUT2D eigenvalue weighted by atomic mass is 35.5. The van der Waals surface area contributed by atoms with Gasteiger partial charge in [-0.3, -0.25) is 4.90 Å². The van der Waals surface area contributed by atoms with Crippen LogP contribution >= 0.6 is 11.6 Å². The van der Waals surface area contributed by atoms with Gasteiger partial charge in [0, 0.05) is 57.6 Å². The van der Waals surface area contributed by atoms with Crippen molar-refractivity contribution in [1.29, 1.82) is 0 Å². The number of aryl methyl sites for hydroxylation is 1. The molecular formula is C38H44ClN9O5S. The molecule has 16 heteroatoms. The Bertz CT molecular complexity index is 2120. The minimum absolute atomic E-state index is 0.0756. The van der Waals surface area contributed by atoms with Gasteiger partial charge in [-0.05, 0) is 60.9 Å². The largest absolute Gasteiger partial charge is 0.497 e. The van der Waals surface area contributed by atoms with Crippen LogP contribution in [0, 0.1) is 6.92 Å². The van der Waals surface area contributed by atoms with Gasteiger partial charge in [-0.25, -0.2) is 23.4 Å². The molecule has 54 heavy (non-hydrogen) atoms. The summed E-state index contributed by atoms with van der Waals surface area (Å²) in [4.78, 5) is 28.3. The molecule has 0 bridgehead atoms. The summed E-state index contributed by atoms with van der Waals surface area (Å²) in [5.74, 6) is 3.88. The van der Waals surface area contributed by atoms with Crippen LogP contribution in [0.2, 0.25) is 5.15 Å². The van der Waals surface area contributed by atoms with Crippen molar-refractivity contribution in [1.82, 2.24) is 34.1 Å². The molecule has 1 aliphatic rings. The zero-order chi connectivity index (χ0) is 38.4. The average molecular weight is 774 g/mol. The quantitative estimate of drug-likeness (QED) is 0.134. The minimum atomic E-state index is -3.26. The van der Waals surface area contributed by atoms with E-state index in [0.717, 1.165) is 28.2 Å². The lowest BCUT2D eigenvalue weighted by molar-refractivity contribution is 0.146. The van der Waals surface area contributed by atoms with Crippen LogP contribution in [0.25, 0.3) is 11.4 Å². The molecule has 0 radical (unpaired) electrons. The van der Waals surface area contributed by atoms with Gasteiger partial charge in [0.05, 0.1) is 45.0 Å². The standard InChI is InChI=1S/C38H44ClN9O5S/c1-25(46-15-17-48(18-16-46)54(6,49)50)29-19-33(36(41-21-29)44-30-20-34(53-5)35(39)40-22-30)37-42-26(2)43-38(45-37)47(23-27-7-11-31(51-3)12-8-27)24-28-9-13-32(52-4)14-10-28/h7-14,19-22,25H,15-18,23-24H2,1-6H3,(H,41,44)/t25-/m1/s1. The topological polar surface area (TPSA) is 148 Å². The van der Waals surface area contributed by atoms with Gasteiger partial charge in [0.25, 0.3) is 0 Å². The second-order valence-corrected chi connectivity index (χ2v) is 15.3.